The molecule has 0 aliphatic heterocycles. The van der Waals surface area contributed by atoms with Gasteiger partial charge in [0.2, 0.25) is 5.91 Å². The minimum absolute atomic E-state index is 0. The van der Waals surface area contributed by atoms with E-state index in [1.165, 1.54) is 36.6 Å². The molecule has 1 heterocycles. The van der Waals surface area contributed by atoms with Crippen LogP contribution in [-0.4, -0.2) is 40.4 Å². The average Bonchev–Trinajstić information content (AvgIpc) is 2.93. The number of rotatable bonds is 5. The largest absolute Gasteiger partial charge is 0.383 e. The molecule has 1 unspecified atom stereocenters. The molecule has 0 aliphatic carbocycles. The number of nitrogens with two attached hydrogens (primary N) is 1. The van der Waals surface area contributed by atoms with E-state index in [4.69, 9.17) is 10.5 Å². The summed E-state index contributed by atoms with van der Waals surface area (Å²) in [6.45, 7) is 0.0886. The third kappa shape index (κ3) is 4.22. The topological polar surface area (TPSA) is 95.1 Å². The number of carbonyl (C=O) groups is 1. The van der Waals surface area contributed by atoms with Crippen LogP contribution in [-0.2, 0) is 9.53 Å². The summed E-state index contributed by atoms with van der Waals surface area (Å²) in [6, 6.07) is 3.42. The van der Waals surface area contributed by atoms with Gasteiger partial charge in [-0.25, -0.2) is 14.1 Å². The summed E-state index contributed by atoms with van der Waals surface area (Å²) in [6.07, 6.45) is 2.68. The van der Waals surface area contributed by atoms with Crippen molar-refractivity contribution in [1.82, 2.24) is 14.8 Å². The lowest BCUT2D eigenvalue weighted by molar-refractivity contribution is -0.118. The van der Waals surface area contributed by atoms with Crippen molar-refractivity contribution < 1.29 is 13.9 Å². The molecular formula is C12H15ClFN5O2. The van der Waals surface area contributed by atoms with E-state index >= 15 is 0 Å². The first-order valence-corrected chi connectivity index (χ1v) is 5.81. The van der Waals surface area contributed by atoms with E-state index in [9.17, 15) is 9.18 Å². The molecule has 1 amide bonds. The molecule has 7 nitrogen and oxygen atoms in total. The molecule has 0 aliphatic rings. The molecule has 2 rings (SSSR count). The third-order valence-electron chi connectivity index (χ3n) is 2.56. The van der Waals surface area contributed by atoms with Crippen LogP contribution in [0.2, 0.25) is 0 Å². The summed E-state index contributed by atoms with van der Waals surface area (Å²) in [5.74, 6) is -0.978. The van der Waals surface area contributed by atoms with Crippen LogP contribution in [0.5, 0.6) is 0 Å². The van der Waals surface area contributed by atoms with Crippen molar-refractivity contribution in [2.45, 2.75) is 6.04 Å². The molecule has 1 aromatic carbocycles. The van der Waals surface area contributed by atoms with Crippen molar-refractivity contribution in [2.75, 3.05) is 19.0 Å². The molecule has 0 saturated heterocycles. The maximum Gasteiger partial charge on any atom is 0.243 e. The van der Waals surface area contributed by atoms with E-state index in [-0.39, 0.29) is 24.7 Å². The highest BCUT2D eigenvalue weighted by Gasteiger charge is 2.14. The molecular weight excluding hydrogens is 301 g/mol. The zero-order chi connectivity index (χ0) is 14.5. The fourth-order valence-electron chi connectivity index (χ4n) is 1.59. The number of anilines is 1. The number of hydrogen-bond donors (Lipinski definition) is 2. The van der Waals surface area contributed by atoms with Gasteiger partial charge < -0.3 is 15.8 Å². The summed E-state index contributed by atoms with van der Waals surface area (Å²) in [5, 5.41) is 6.34. The number of methoxy groups -OCH3 is 1. The van der Waals surface area contributed by atoms with Crippen LogP contribution in [0.15, 0.2) is 30.9 Å². The maximum atomic E-state index is 13.9. The van der Waals surface area contributed by atoms with Crippen molar-refractivity contribution >= 4 is 24.0 Å². The van der Waals surface area contributed by atoms with Gasteiger partial charge >= 0.3 is 0 Å². The monoisotopic (exact) mass is 315 g/mol. The Bertz CT molecular complexity index is 593. The van der Waals surface area contributed by atoms with Gasteiger partial charge in [-0.2, -0.15) is 5.10 Å². The molecule has 2 aromatic rings. The Labute approximate surface area is 126 Å². The minimum atomic E-state index is -0.807. The van der Waals surface area contributed by atoms with Crippen molar-refractivity contribution in [3.63, 3.8) is 0 Å². The number of halogens is 2. The highest BCUT2D eigenvalue weighted by atomic mass is 35.5. The van der Waals surface area contributed by atoms with Gasteiger partial charge in [0.25, 0.3) is 0 Å². The molecule has 0 bridgehead atoms. The Balaban J connectivity index is 0.00000220. The zero-order valence-electron chi connectivity index (χ0n) is 11.2. The second-order valence-electron chi connectivity index (χ2n) is 4.06. The second kappa shape index (κ2) is 7.67. The van der Waals surface area contributed by atoms with E-state index in [2.05, 4.69) is 15.4 Å². The molecule has 0 spiro atoms. The molecule has 0 radical (unpaired) electrons. The van der Waals surface area contributed by atoms with Gasteiger partial charge in [-0.15, -0.1) is 12.4 Å². The van der Waals surface area contributed by atoms with Crippen molar-refractivity contribution in [2.24, 2.45) is 5.73 Å². The van der Waals surface area contributed by atoms with Crippen LogP contribution >= 0.6 is 12.4 Å². The summed E-state index contributed by atoms with van der Waals surface area (Å²) < 4.78 is 20.0. The molecule has 1 aromatic heterocycles. The smallest absolute Gasteiger partial charge is 0.243 e. The Morgan fingerprint density at radius 2 is 2.33 bits per heavy atom. The number of benzene rings is 1. The lowest BCUT2D eigenvalue weighted by atomic mass is 10.2. The van der Waals surface area contributed by atoms with Crippen molar-refractivity contribution in [1.29, 1.82) is 0 Å². The van der Waals surface area contributed by atoms with Gasteiger partial charge in [-0.05, 0) is 18.2 Å². The molecule has 0 fully saturated rings. The summed E-state index contributed by atoms with van der Waals surface area (Å²) in [7, 11) is 1.44. The Morgan fingerprint density at radius 3 is 2.90 bits per heavy atom. The van der Waals surface area contributed by atoms with Gasteiger partial charge in [-0.3, -0.25) is 4.79 Å². The quantitative estimate of drug-likeness (QED) is 0.848. The maximum absolute atomic E-state index is 13.9. The highest BCUT2D eigenvalue weighted by Crippen LogP contribution is 2.17. The van der Waals surface area contributed by atoms with E-state index < -0.39 is 17.8 Å². The molecule has 114 valence electrons. The van der Waals surface area contributed by atoms with Gasteiger partial charge in [-0.1, -0.05) is 0 Å². The fraction of sp³-hybridized carbons (Fsp3) is 0.250. The highest BCUT2D eigenvalue weighted by molar-refractivity contribution is 5.94. The lowest BCUT2D eigenvalue weighted by Crippen LogP contribution is -2.39. The van der Waals surface area contributed by atoms with Crippen LogP contribution in [0.4, 0.5) is 10.1 Å². The predicted octanol–water partition coefficient (Wildman–Crippen LogP) is 0.740. The molecule has 3 N–H and O–H groups in total. The number of amides is 1. The number of aromatic nitrogens is 3. The second-order valence-corrected chi connectivity index (χ2v) is 4.06. The van der Waals surface area contributed by atoms with Crippen LogP contribution < -0.4 is 11.1 Å². The zero-order valence-corrected chi connectivity index (χ0v) is 12.0. The van der Waals surface area contributed by atoms with Gasteiger partial charge in [0, 0.05) is 12.8 Å². The predicted molar refractivity (Wildman–Crippen MR) is 77.0 cm³/mol. The number of ether oxygens (including phenoxy) is 1. The van der Waals surface area contributed by atoms with Crippen LogP contribution in [0.25, 0.3) is 5.69 Å². The van der Waals surface area contributed by atoms with E-state index in [0.29, 0.717) is 5.69 Å². The summed E-state index contributed by atoms with van der Waals surface area (Å²) in [5.41, 5.74) is 6.11. The van der Waals surface area contributed by atoms with Crippen molar-refractivity contribution in [3.8, 4) is 5.69 Å². The number of hydrogen-bond acceptors (Lipinski definition) is 5. The van der Waals surface area contributed by atoms with E-state index in [1.807, 2.05) is 0 Å². The molecule has 0 saturated carbocycles. The Kier molecular flexibility index (Phi) is 6.22. The molecule has 9 heteroatoms. The van der Waals surface area contributed by atoms with Gasteiger partial charge in [0.05, 0.1) is 6.61 Å². The van der Waals surface area contributed by atoms with Crippen molar-refractivity contribution in [3.05, 3.63) is 36.7 Å². The first-order chi connectivity index (χ1) is 9.61. The van der Waals surface area contributed by atoms with E-state index in [0.717, 1.165) is 0 Å². The molecule has 21 heavy (non-hydrogen) atoms. The lowest BCUT2D eigenvalue weighted by Gasteiger charge is -2.12. The molecule has 1 atom stereocenters. The van der Waals surface area contributed by atoms with Crippen LogP contribution in [0.3, 0.4) is 0 Å². The first kappa shape index (κ1) is 17.0. The summed E-state index contributed by atoms with van der Waals surface area (Å²) >= 11 is 0. The normalized spacial score (nSPS) is 11.6. The van der Waals surface area contributed by atoms with Gasteiger partial charge in [0.1, 0.15) is 24.4 Å². The number of nitrogens with zero attached hydrogens (tertiary/aromatic N) is 3. The minimum Gasteiger partial charge on any atom is -0.383 e. The van der Waals surface area contributed by atoms with Gasteiger partial charge in [0.15, 0.2) is 5.82 Å². The van der Waals surface area contributed by atoms with Crippen LogP contribution in [0.1, 0.15) is 0 Å². The number of nitrogens with one attached hydrogen (secondary N) is 1. The SMILES string of the molecule is COCC(N)C(=O)Nc1ccc(-n2cncn2)c(F)c1.Cl. The Hall–Kier alpha value is -2.03. The average molecular weight is 316 g/mol. The standard InChI is InChI=1S/C12H14FN5O2.ClH/c1-20-5-10(14)12(19)17-8-2-3-11(9(13)4-8)18-7-15-6-16-18;/h2-4,6-7,10H,5,14H2,1H3,(H,17,19);1H. The van der Waals surface area contributed by atoms with E-state index in [1.54, 1.807) is 6.07 Å². The fourth-order valence-corrected chi connectivity index (χ4v) is 1.59. The number of carbonyl (C=O) groups excluding carboxylic acids is 1. The summed E-state index contributed by atoms with van der Waals surface area (Å²) in [4.78, 5) is 15.4. The first-order valence-electron chi connectivity index (χ1n) is 5.81. The van der Waals surface area contributed by atoms with Crippen LogP contribution in [0, 0.1) is 5.82 Å². The Morgan fingerprint density at radius 1 is 1.57 bits per heavy atom. The third-order valence-corrected chi connectivity index (χ3v) is 2.56.